The van der Waals surface area contributed by atoms with E-state index in [1.165, 1.54) is 0 Å². The Balaban J connectivity index is 2.05. The summed E-state index contributed by atoms with van der Waals surface area (Å²) in [5.41, 5.74) is 0. The quantitative estimate of drug-likeness (QED) is 0.727. The van der Waals surface area contributed by atoms with Crippen LogP contribution in [0.1, 0.15) is 0 Å². The highest BCUT2D eigenvalue weighted by Gasteiger charge is 2.23. The molecule has 1 radical (unpaired) electrons. The van der Waals surface area contributed by atoms with Gasteiger partial charge in [-0.15, -0.1) is 0 Å². The van der Waals surface area contributed by atoms with E-state index in [4.69, 9.17) is 32.7 Å². The van der Waals surface area contributed by atoms with E-state index in [0.29, 0.717) is 22.4 Å². The monoisotopic (exact) mass is 217 g/mol. The number of hydrogen-bond acceptors (Lipinski definition) is 2. The van der Waals surface area contributed by atoms with E-state index in [-0.39, 0.29) is 6.10 Å². The molecule has 0 aromatic heterocycles. The molecule has 1 atom stereocenters. The van der Waals surface area contributed by atoms with Gasteiger partial charge >= 0.3 is 0 Å². The maximum absolute atomic E-state index is 5.87. The topological polar surface area (TPSA) is 21.8 Å². The van der Waals surface area contributed by atoms with Crippen molar-refractivity contribution in [3.8, 4) is 5.75 Å². The second-order valence-corrected chi connectivity index (χ2v) is 3.49. The van der Waals surface area contributed by atoms with Gasteiger partial charge in [-0.2, -0.15) is 0 Å². The molecule has 1 aromatic rings. The minimum Gasteiger partial charge on any atom is -0.489 e. The highest BCUT2D eigenvalue weighted by Crippen LogP contribution is 2.31. The zero-order valence-corrected chi connectivity index (χ0v) is 8.23. The summed E-state index contributed by atoms with van der Waals surface area (Å²) in [5, 5.41) is 0.792. The lowest BCUT2D eigenvalue weighted by Crippen LogP contribution is -2.04. The summed E-state index contributed by atoms with van der Waals surface area (Å²) in [5.74, 6) is 0.584. The smallest absolute Gasteiger partial charge is 0.139 e. The summed E-state index contributed by atoms with van der Waals surface area (Å²) in [6.07, 6.45) is 0.221. The fraction of sp³-hybridized carbons (Fsp3) is 0.333. The fourth-order valence-electron chi connectivity index (χ4n) is 0.894. The lowest BCUT2D eigenvalue weighted by Gasteiger charge is -2.06. The molecular formula is C9H7Cl2O2. The minimum atomic E-state index is 0.221. The van der Waals surface area contributed by atoms with Crippen molar-refractivity contribution in [2.45, 2.75) is 6.10 Å². The van der Waals surface area contributed by atoms with Crippen LogP contribution in [0, 0.1) is 6.07 Å². The Morgan fingerprint density at radius 1 is 1.62 bits per heavy atom. The molecule has 2 rings (SSSR count). The van der Waals surface area contributed by atoms with Crippen molar-refractivity contribution in [3.63, 3.8) is 0 Å². The molecule has 1 heterocycles. The largest absolute Gasteiger partial charge is 0.489 e. The molecule has 0 spiro atoms. The van der Waals surface area contributed by atoms with Gasteiger partial charge in [0.2, 0.25) is 0 Å². The maximum Gasteiger partial charge on any atom is 0.139 e. The average Bonchev–Trinajstić information content (AvgIpc) is 2.91. The van der Waals surface area contributed by atoms with Gasteiger partial charge < -0.3 is 9.47 Å². The van der Waals surface area contributed by atoms with Crippen LogP contribution in [-0.4, -0.2) is 19.3 Å². The lowest BCUT2D eigenvalue weighted by atomic mass is 10.3. The Morgan fingerprint density at radius 3 is 3.08 bits per heavy atom. The van der Waals surface area contributed by atoms with Gasteiger partial charge in [-0.3, -0.25) is 0 Å². The molecule has 1 saturated heterocycles. The van der Waals surface area contributed by atoms with Crippen molar-refractivity contribution < 1.29 is 9.47 Å². The first kappa shape index (κ1) is 9.13. The molecule has 69 valence electrons. The number of benzene rings is 1. The second kappa shape index (κ2) is 3.74. The van der Waals surface area contributed by atoms with Crippen LogP contribution in [0.15, 0.2) is 12.1 Å². The van der Waals surface area contributed by atoms with Crippen molar-refractivity contribution in [1.29, 1.82) is 0 Å². The van der Waals surface area contributed by atoms with E-state index in [2.05, 4.69) is 6.07 Å². The van der Waals surface area contributed by atoms with Crippen LogP contribution in [0.5, 0.6) is 5.75 Å². The van der Waals surface area contributed by atoms with Gasteiger partial charge in [0.15, 0.2) is 0 Å². The molecule has 0 saturated carbocycles. The number of ether oxygens (including phenoxy) is 2. The van der Waals surface area contributed by atoms with E-state index in [9.17, 15) is 0 Å². The number of epoxide rings is 1. The van der Waals surface area contributed by atoms with Gasteiger partial charge in [-0.25, -0.2) is 0 Å². The van der Waals surface area contributed by atoms with Crippen molar-refractivity contribution in [1.82, 2.24) is 0 Å². The Kier molecular flexibility index (Phi) is 2.63. The van der Waals surface area contributed by atoms with E-state index < -0.39 is 0 Å². The van der Waals surface area contributed by atoms with Crippen LogP contribution in [0.3, 0.4) is 0 Å². The van der Waals surface area contributed by atoms with Gasteiger partial charge in [0.25, 0.3) is 0 Å². The number of hydrogen-bond donors (Lipinski definition) is 0. The van der Waals surface area contributed by atoms with Crippen LogP contribution in [0.2, 0.25) is 10.0 Å². The molecule has 0 bridgehead atoms. The van der Waals surface area contributed by atoms with Crippen molar-refractivity contribution in [2.24, 2.45) is 0 Å². The molecule has 0 N–H and O–H groups in total. The first-order valence-corrected chi connectivity index (χ1v) is 4.63. The lowest BCUT2D eigenvalue weighted by molar-refractivity contribution is 0.263. The molecule has 4 heteroatoms. The maximum atomic E-state index is 5.87. The molecule has 1 unspecified atom stereocenters. The Bertz CT molecular complexity index is 310. The molecule has 1 fully saturated rings. The van der Waals surface area contributed by atoms with Crippen molar-refractivity contribution >= 4 is 23.2 Å². The van der Waals surface area contributed by atoms with Crippen LogP contribution >= 0.6 is 23.2 Å². The van der Waals surface area contributed by atoms with Gasteiger partial charge in [0, 0.05) is 6.07 Å². The first-order valence-electron chi connectivity index (χ1n) is 3.87. The molecule has 1 aromatic carbocycles. The van der Waals surface area contributed by atoms with Crippen LogP contribution in [0.25, 0.3) is 0 Å². The normalized spacial score (nSPS) is 20.0. The third-order valence-corrected chi connectivity index (χ3v) is 2.45. The van der Waals surface area contributed by atoms with E-state index >= 15 is 0 Å². The molecular weight excluding hydrogens is 211 g/mol. The predicted octanol–water partition coefficient (Wildman–Crippen LogP) is 2.57. The van der Waals surface area contributed by atoms with Gasteiger partial charge in [-0.05, 0) is 12.1 Å². The Labute approximate surface area is 86.4 Å². The summed E-state index contributed by atoms with van der Waals surface area (Å²) in [6.45, 7) is 1.30. The Morgan fingerprint density at radius 2 is 2.38 bits per heavy atom. The van der Waals surface area contributed by atoms with Crippen LogP contribution in [0.4, 0.5) is 0 Å². The predicted molar refractivity (Wildman–Crippen MR) is 50.5 cm³/mol. The highest BCUT2D eigenvalue weighted by molar-refractivity contribution is 6.42. The third-order valence-electron chi connectivity index (χ3n) is 1.68. The molecule has 1 aliphatic heterocycles. The average molecular weight is 218 g/mol. The summed E-state index contributed by atoms with van der Waals surface area (Å²) < 4.78 is 10.4. The van der Waals surface area contributed by atoms with E-state index in [1.807, 2.05) is 0 Å². The minimum absolute atomic E-state index is 0.221. The molecule has 0 aliphatic carbocycles. The number of rotatable bonds is 3. The zero-order valence-electron chi connectivity index (χ0n) is 6.72. The summed E-state index contributed by atoms with van der Waals surface area (Å²) in [7, 11) is 0. The summed E-state index contributed by atoms with van der Waals surface area (Å²) in [4.78, 5) is 0. The van der Waals surface area contributed by atoms with Crippen LogP contribution in [-0.2, 0) is 4.74 Å². The standard InChI is InChI=1S/C9H7Cl2O2/c10-7-2-1-3-8(9(7)11)13-5-6-4-12-6/h1,3,6H,4-5H2. The molecule has 1 aliphatic rings. The fourth-order valence-corrected chi connectivity index (χ4v) is 1.22. The zero-order chi connectivity index (χ0) is 9.26. The SMILES string of the molecule is Clc1[c]ccc(OCC2CO2)c1Cl. The van der Waals surface area contributed by atoms with Gasteiger partial charge in [0.1, 0.15) is 23.5 Å². The molecule has 13 heavy (non-hydrogen) atoms. The first-order chi connectivity index (χ1) is 6.27. The van der Waals surface area contributed by atoms with E-state index in [1.54, 1.807) is 12.1 Å². The van der Waals surface area contributed by atoms with Crippen LogP contribution < -0.4 is 4.74 Å². The molecule has 2 nitrogen and oxygen atoms in total. The van der Waals surface area contributed by atoms with Crippen molar-refractivity contribution in [3.05, 3.63) is 28.2 Å². The summed E-state index contributed by atoms with van der Waals surface area (Å²) in [6, 6.07) is 6.18. The molecule has 0 amide bonds. The van der Waals surface area contributed by atoms with E-state index in [0.717, 1.165) is 6.61 Å². The van der Waals surface area contributed by atoms with Gasteiger partial charge in [-0.1, -0.05) is 23.2 Å². The Hall–Kier alpha value is -0.440. The number of halogens is 2. The van der Waals surface area contributed by atoms with Gasteiger partial charge in [0.05, 0.1) is 11.6 Å². The summed E-state index contributed by atoms with van der Waals surface area (Å²) >= 11 is 11.6. The van der Waals surface area contributed by atoms with Crippen molar-refractivity contribution in [2.75, 3.05) is 13.2 Å². The highest BCUT2D eigenvalue weighted by atomic mass is 35.5. The second-order valence-electron chi connectivity index (χ2n) is 2.74. The third kappa shape index (κ3) is 2.27.